The van der Waals surface area contributed by atoms with Crippen LogP contribution in [0, 0.1) is 5.92 Å². The third kappa shape index (κ3) is 6.89. The van der Waals surface area contributed by atoms with Gasteiger partial charge in [0.25, 0.3) is 5.91 Å². The van der Waals surface area contributed by atoms with E-state index in [-0.39, 0.29) is 17.9 Å². The van der Waals surface area contributed by atoms with Crippen molar-refractivity contribution in [1.82, 2.24) is 10.0 Å². The molecule has 10 heteroatoms. The first-order chi connectivity index (χ1) is 11.6. The van der Waals surface area contributed by atoms with E-state index < -0.39 is 40.0 Å². The molecular formula is C15H21N3O6S. The zero-order valence-electron chi connectivity index (χ0n) is 13.9. The first kappa shape index (κ1) is 20.6. The van der Waals surface area contributed by atoms with Crippen molar-refractivity contribution in [1.29, 1.82) is 0 Å². The molecular weight excluding hydrogens is 350 g/mol. The Balaban J connectivity index is 2.55. The van der Waals surface area contributed by atoms with Crippen LogP contribution in [0.4, 0.5) is 4.79 Å². The van der Waals surface area contributed by atoms with Gasteiger partial charge in [-0.3, -0.25) is 14.9 Å². The van der Waals surface area contributed by atoms with E-state index in [2.05, 4.69) is 4.72 Å². The van der Waals surface area contributed by atoms with E-state index in [9.17, 15) is 22.8 Å². The normalized spacial score (nSPS) is 12.4. The van der Waals surface area contributed by atoms with Gasteiger partial charge in [0.1, 0.15) is 0 Å². The average Bonchev–Trinajstić information content (AvgIpc) is 2.52. The largest absolute Gasteiger partial charge is 0.452 e. The second-order valence-electron chi connectivity index (χ2n) is 5.47. The summed E-state index contributed by atoms with van der Waals surface area (Å²) in [4.78, 5) is 34.4. The van der Waals surface area contributed by atoms with Crippen LogP contribution in [0.3, 0.4) is 0 Å². The van der Waals surface area contributed by atoms with Gasteiger partial charge >= 0.3 is 12.0 Å². The number of primary amides is 1. The average molecular weight is 371 g/mol. The summed E-state index contributed by atoms with van der Waals surface area (Å²) in [7, 11) is -3.73. The van der Waals surface area contributed by atoms with Crippen LogP contribution in [0.2, 0.25) is 0 Å². The fraction of sp³-hybridized carbons (Fsp3) is 0.400. The SMILES string of the molecule is CC(C)[C@H](OC(=O)CCNS(=O)(=O)c1ccccc1)C(=O)NC(N)=O. The number of nitrogens with two attached hydrogens (primary N) is 1. The molecule has 1 rings (SSSR count). The Morgan fingerprint density at radius 1 is 1.16 bits per heavy atom. The minimum absolute atomic E-state index is 0.0734. The second-order valence-corrected chi connectivity index (χ2v) is 7.24. The molecule has 0 saturated heterocycles. The molecule has 138 valence electrons. The molecule has 0 aromatic heterocycles. The zero-order valence-corrected chi connectivity index (χ0v) is 14.7. The van der Waals surface area contributed by atoms with E-state index >= 15 is 0 Å². The fourth-order valence-electron chi connectivity index (χ4n) is 1.86. The summed E-state index contributed by atoms with van der Waals surface area (Å²) >= 11 is 0. The Kier molecular flexibility index (Phi) is 7.52. The number of rotatable bonds is 8. The topological polar surface area (TPSA) is 145 Å². The molecule has 0 bridgehead atoms. The Hall–Kier alpha value is -2.46. The lowest BCUT2D eigenvalue weighted by molar-refractivity contribution is -0.158. The van der Waals surface area contributed by atoms with Gasteiger partial charge in [-0.1, -0.05) is 32.0 Å². The van der Waals surface area contributed by atoms with E-state index in [1.165, 1.54) is 12.1 Å². The standard InChI is InChI=1S/C15H21N3O6S/c1-10(2)13(14(20)18-15(16)21)24-12(19)8-9-17-25(22,23)11-6-4-3-5-7-11/h3-7,10,13,17H,8-9H2,1-2H3,(H3,16,18,20,21)/t13-/m0/s1. The number of benzene rings is 1. The summed E-state index contributed by atoms with van der Waals surface area (Å²) in [5.74, 6) is -2.01. The van der Waals surface area contributed by atoms with Gasteiger partial charge in [-0.2, -0.15) is 0 Å². The van der Waals surface area contributed by atoms with Crippen molar-refractivity contribution in [3.63, 3.8) is 0 Å². The van der Waals surface area contributed by atoms with Crippen LogP contribution in [0.15, 0.2) is 35.2 Å². The molecule has 0 unspecified atom stereocenters. The molecule has 9 nitrogen and oxygen atoms in total. The van der Waals surface area contributed by atoms with Gasteiger partial charge in [0.15, 0.2) is 6.10 Å². The maximum absolute atomic E-state index is 12.0. The lowest BCUT2D eigenvalue weighted by Crippen LogP contribution is -2.45. The van der Waals surface area contributed by atoms with Gasteiger partial charge in [0.2, 0.25) is 10.0 Å². The van der Waals surface area contributed by atoms with E-state index in [1.807, 2.05) is 5.32 Å². The number of ether oxygens (including phenoxy) is 1. The van der Waals surface area contributed by atoms with Gasteiger partial charge in [0, 0.05) is 6.54 Å². The quantitative estimate of drug-likeness (QED) is 0.553. The Morgan fingerprint density at radius 2 is 1.76 bits per heavy atom. The van der Waals surface area contributed by atoms with Crippen LogP contribution >= 0.6 is 0 Å². The van der Waals surface area contributed by atoms with Crippen molar-refractivity contribution in [3.05, 3.63) is 30.3 Å². The van der Waals surface area contributed by atoms with Crippen molar-refractivity contribution >= 4 is 27.9 Å². The number of hydrogen-bond acceptors (Lipinski definition) is 6. The van der Waals surface area contributed by atoms with E-state index in [0.717, 1.165) is 0 Å². The van der Waals surface area contributed by atoms with Crippen molar-refractivity contribution in [2.45, 2.75) is 31.3 Å². The van der Waals surface area contributed by atoms with Crippen molar-refractivity contribution in [2.24, 2.45) is 11.7 Å². The molecule has 0 heterocycles. The van der Waals surface area contributed by atoms with Gasteiger partial charge in [-0.25, -0.2) is 17.9 Å². The molecule has 25 heavy (non-hydrogen) atoms. The molecule has 0 saturated carbocycles. The van der Waals surface area contributed by atoms with E-state index in [4.69, 9.17) is 10.5 Å². The van der Waals surface area contributed by atoms with Crippen LogP contribution in [0.5, 0.6) is 0 Å². The third-order valence-corrected chi connectivity index (χ3v) is 4.52. The van der Waals surface area contributed by atoms with Gasteiger partial charge in [-0.15, -0.1) is 0 Å². The van der Waals surface area contributed by atoms with Crippen LogP contribution in [-0.4, -0.2) is 39.0 Å². The highest BCUT2D eigenvalue weighted by molar-refractivity contribution is 7.89. The summed E-state index contributed by atoms with van der Waals surface area (Å²) < 4.78 is 31.3. The Labute approximate surface area is 146 Å². The summed E-state index contributed by atoms with van der Waals surface area (Å²) in [5.41, 5.74) is 4.86. The molecule has 3 amide bonds. The van der Waals surface area contributed by atoms with Crippen molar-refractivity contribution < 1.29 is 27.5 Å². The van der Waals surface area contributed by atoms with Crippen LogP contribution < -0.4 is 15.8 Å². The summed E-state index contributed by atoms with van der Waals surface area (Å²) in [6.07, 6.45) is -1.48. The number of imide groups is 1. The molecule has 0 aliphatic heterocycles. The zero-order chi connectivity index (χ0) is 19.0. The Morgan fingerprint density at radius 3 is 2.28 bits per heavy atom. The lowest BCUT2D eigenvalue weighted by atomic mass is 10.1. The fourth-order valence-corrected chi connectivity index (χ4v) is 2.91. The highest BCUT2D eigenvalue weighted by atomic mass is 32.2. The first-order valence-electron chi connectivity index (χ1n) is 7.48. The number of amides is 3. The lowest BCUT2D eigenvalue weighted by Gasteiger charge is -2.19. The minimum atomic E-state index is -3.73. The minimum Gasteiger partial charge on any atom is -0.452 e. The maximum Gasteiger partial charge on any atom is 0.318 e. The highest BCUT2D eigenvalue weighted by Gasteiger charge is 2.27. The van der Waals surface area contributed by atoms with Gasteiger partial charge < -0.3 is 10.5 Å². The van der Waals surface area contributed by atoms with E-state index in [0.29, 0.717) is 0 Å². The number of carbonyl (C=O) groups excluding carboxylic acids is 3. The van der Waals surface area contributed by atoms with Crippen LogP contribution in [-0.2, 0) is 24.3 Å². The number of carbonyl (C=O) groups is 3. The Bertz CT molecular complexity index is 718. The number of sulfonamides is 1. The second kappa shape index (κ2) is 9.14. The van der Waals surface area contributed by atoms with Crippen LogP contribution in [0.1, 0.15) is 20.3 Å². The maximum atomic E-state index is 12.0. The molecule has 1 atom stereocenters. The molecule has 0 fully saturated rings. The number of hydrogen-bond donors (Lipinski definition) is 3. The monoisotopic (exact) mass is 371 g/mol. The van der Waals surface area contributed by atoms with Gasteiger partial charge in [0.05, 0.1) is 11.3 Å². The first-order valence-corrected chi connectivity index (χ1v) is 8.96. The van der Waals surface area contributed by atoms with Crippen LogP contribution in [0.25, 0.3) is 0 Å². The molecule has 1 aromatic rings. The third-order valence-electron chi connectivity index (χ3n) is 3.04. The predicted octanol–water partition coefficient (Wildman–Crippen LogP) is 0.118. The number of urea groups is 1. The molecule has 0 aliphatic carbocycles. The summed E-state index contributed by atoms with van der Waals surface area (Å²) in [6.45, 7) is 3.05. The van der Waals surface area contributed by atoms with E-state index in [1.54, 1.807) is 32.0 Å². The number of nitrogens with one attached hydrogen (secondary N) is 2. The summed E-state index contributed by atoms with van der Waals surface area (Å²) in [6, 6.07) is 6.62. The van der Waals surface area contributed by atoms with Crippen molar-refractivity contribution in [2.75, 3.05) is 6.54 Å². The smallest absolute Gasteiger partial charge is 0.318 e. The molecule has 0 spiro atoms. The van der Waals surface area contributed by atoms with Gasteiger partial charge in [-0.05, 0) is 18.1 Å². The molecule has 1 aromatic carbocycles. The predicted molar refractivity (Wildman–Crippen MR) is 88.7 cm³/mol. The summed E-state index contributed by atoms with van der Waals surface area (Å²) in [5, 5.41) is 1.84. The highest BCUT2D eigenvalue weighted by Crippen LogP contribution is 2.09. The molecule has 0 radical (unpaired) electrons. The number of esters is 1. The molecule has 0 aliphatic rings. The van der Waals surface area contributed by atoms with Crippen molar-refractivity contribution in [3.8, 4) is 0 Å². The molecule has 4 N–H and O–H groups in total.